The second-order valence-corrected chi connectivity index (χ2v) is 6.11. The lowest BCUT2D eigenvalue weighted by molar-refractivity contribution is -0.132. The monoisotopic (exact) mass is 389 g/mol. The first-order valence-corrected chi connectivity index (χ1v) is 7.78. The highest BCUT2D eigenvalue weighted by molar-refractivity contribution is 9.10. The van der Waals surface area contributed by atoms with E-state index in [-0.39, 0.29) is 30.8 Å². The van der Waals surface area contributed by atoms with Crippen LogP contribution in [0, 0.1) is 6.92 Å². The van der Waals surface area contributed by atoms with Gasteiger partial charge in [0.1, 0.15) is 0 Å². The van der Waals surface area contributed by atoms with Crippen molar-refractivity contribution in [2.45, 2.75) is 6.92 Å². The molecule has 1 aromatic carbocycles. The number of rotatable bonds is 3. The van der Waals surface area contributed by atoms with Crippen molar-refractivity contribution in [2.24, 2.45) is 0 Å². The number of piperazine rings is 1. The van der Waals surface area contributed by atoms with Gasteiger partial charge in [0.2, 0.25) is 5.91 Å². The number of halogens is 2. The smallest absolute Gasteiger partial charge is 0.254 e. The molecule has 0 aromatic heterocycles. The van der Waals surface area contributed by atoms with Crippen molar-refractivity contribution in [2.75, 3.05) is 39.8 Å². The van der Waals surface area contributed by atoms with Crippen LogP contribution < -0.4 is 5.32 Å². The average molecular weight is 391 g/mol. The number of amides is 2. The number of carbonyl (C=O) groups excluding carboxylic acids is 2. The van der Waals surface area contributed by atoms with E-state index in [0.29, 0.717) is 18.7 Å². The second-order valence-electron chi connectivity index (χ2n) is 5.26. The molecule has 5 nitrogen and oxygen atoms in total. The molecule has 1 fully saturated rings. The van der Waals surface area contributed by atoms with Crippen molar-refractivity contribution >= 4 is 40.2 Å². The van der Waals surface area contributed by atoms with Crippen LogP contribution in [0.3, 0.4) is 0 Å². The summed E-state index contributed by atoms with van der Waals surface area (Å²) in [6, 6.07) is 5.47. The van der Waals surface area contributed by atoms with Gasteiger partial charge in [-0.3, -0.25) is 9.59 Å². The Balaban J connectivity index is 0.00000242. The van der Waals surface area contributed by atoms with E-state index in [2.05, 4.69) is 21.2 Å². The van der Waals surface area contributed by atoms with Crippen LogP contribution in [0.25, 0.3) is 0 Å². The summed E-state index contributed by atoms with van der Waals surface area (Å²) < 4.78 is 0.898. The Morgan fingerprint density at radius 2 is 1.95 bits per heavy atom. The number of likely N-dealkylation sites (N-methyl/N-ethyl adjacent to an activating group) is 1. The van der Waals surface area contributed by atoms with Gasteiger partial charge in [-0.05, 0) is 24.6 Å². The van der Waals surface area contributed by atoms with E-state index in [1.807, 2.05) is 13.0 Å². The molecule has 1 aliphatic heterocycles. The normalized spacial score (nSPS) is 14.2. The third kappa shape index (κ3) is 4.69. The fourth-order valence-corrected chi connectivity index (χ4v) is 2.61. The first kappa shape index (κ1) is 18.9. The maximum Gasteiger partial charge on any atom is 0.254 e. The van der Waals surface area contributed by atoms with Gasteiger partial charge in [-0.1, -0.05) is 22.0 Å². The zero-order valence-corrected chi connectivity index (χ0v) is 15.2. The average Bonchev–Trinajstić information content (AvgIpc) is 2.50. The molecule has 0 spiro atoms. The lowest BCUT2D eigenvalue weighted by Gasteiger charge is -2.29. The Morgan fingerprint density at radius 1 is 1.32 bits per heavy atom. The van der Waals surface area contributed by atoms with E-state index < -0.39 is 0 Å². The predicted molar refractivity (Wildman–Crippen MR) is 92.5 cm³/mol. The largest absolute Gasteiger partial charge is 0.339 e. The van der Waals surface area contributed by atoms with Crippen LogP contribution in [-0.4, -0.2) is 61.4 Å². The van der Waals surface area contributed by atoms with Gasteiger partial charge in [0.25, 0.3) is 5.91 Å². The molecule has 1 saturated heterocycles. The summed E-state index contributed by atoms with van der Waals surface area (Å²) in [7, 11) is 1.66. The van der Waals surface area contributed by atoms with Crippen LogP contribution >= 0.6 is 28.3 Å². The van der Waals surface area contributed by atoms with Crippen LogP contribution in [0.15, 0.2) is 22.7 Å². The van der Waals surface area contributed by atoms with E-state index in [4.69, 9.17) is 0 Å². The molecule has 122 valence electrons. The molecule has 0 radical (unpaired) electrons. The predicted octanol–water partition coefficient (Wildman–Crippen LogP) is 1.68. The number of aryl methyl sites for hydroxylation is 1. The highest BCUT2D eigenvalue weighted by atomic mass is 79.9. The first-order valence-electron chi connectivity index (χ1n) is 6.99. The number of benzene rings is 1. The zero-order valence-electron chi connectivity index (χ0n) is 12.8. The highest BCUT2D eigenvalue weighted by Gasteiger charge is 2.20. The van der Waals surface area contributed by atoms with Crippen LogP contribution in [0.1, 0.15) is 15.9 Å². The topological polar surface area (TPSA) is 52.7 Å². The number of nitrogens with zero attached hydrogens (tertiary/aromatic N) is 2. The molecule has 1 heterocycles. The minimum absolute atomic E-state index is 0. The number of nitrogens with one attached hydrogen (secondary N) is 1. The molecule has 0 bridgehead atoms. The fourth-order valence-electron chi connectivity index (χ4n) is 2.24. The van der Waals surface area contributed by atoms with Crippen molar-refractivity contribution in [3.8, 4) is 0 Å². The molecular weight excluding hydrogens is 370 g/mol. The number of hydrogen-bond acceptors (Lipinski definition) is 3. The Kier molecular flexibility index (Phi) is 7.32. The van der Waals surface area contributed by atoms with Crippen LogP contribution in [0.4, 0.5) is 0 Å². The van der Waals surface area contributed by atoms with Crippen molar-refractivity contribution in [3.63, 3.8) is 0 Å². The third-order valence-corrected chi connectivity index (χ3v) is 4.46. The third-order valence-electron chi connectivity index (χ3n) is 3.61. The number of carbonyl (C=O) groups is 2. The molecule has 22 heavy (non-hydrogen) atoms. The summed E-state index contributed by atoms with van der Waals surface area (Å²) in [5.74, 6) is -0.141. The van der Waals surface area contributed by atoms with E-state index in [0.717, 1.165) is 23.1 Å². The molecule has 0 aliphatic carbocycles. The van der Waals surface area contributed by atoms with Gasteiger partial charge >= 0.3 is 0 Å². The van der Waals surface area contributed by atoms with Crippen LogP contribution in [0.5, 0.6) is 0 Å². The second kappa shape index (κ2) is 8.50. The molecular formula is C15H21BrClN3O2. The van der Waals surface area contributed by atoms with Crippen molar-refractivity contribution in [1.29, 1.82) is 0 Å². The van der Waals surface area contributed by atoms with Crippen molar-refractivity contribution in [3.05, 3.63) is 33.8 Å². The van der Waals surface area contributed by atoms with Gasteiger partial charge < -0.3 is 15.1 Å². The van der Waals surface area contributed by atoms with Gasteiger partial charge in [-0.15, -0.1) is 12.4 Å². The summed E-state index contributed by atoms with van der Waals surface area (Å²) in [4.78, 5) is 27.8. The van der Waals surface area contributed by atoms with Gasteiger partial charge in [0.05, 0.1) is 6.54 Å². The minimum atomic E-state index is -0.140. The van der Waals surface area contributed by atoms with Gasteiger partial charge in [0.15, 0.2) is 0 Å². The Labute approximate surface area is 145 Å². The standard InChI is InChI=1S/C15H20BrN3O2.ClH/c1-11-3-4-12(9-13(11)16)15(21)18(2)10-14(20)19-7-5-17-6-8-19;/h3-4,9,17H,5-8,10H2,1-2H3;1H. The van der Waals surface area contributed by atoms with E-state index in [9.17, 15) is 9.59 Å². The summed E-state index contributed by atoms with van der Waals surface area (Å²) in [5, 5.41) is 3.20. The summed E-state index contributed by atoms with van der Waals surface area (Å²) in [6.07, 6.45) is 0. The Morgan fingerprint density at radius 3 is 2.55 bits per heavy atom. The van der Waals surface area contributed by atoms with Crippen molar-refractivity contribution in [1.82, 2.24) is 15.1 Å². The first-order chi connectivity index (χ1) is 9.99. The molecule has 0 saturated carbocycles. The quantitative estimate of drug-likeness (QED) is 0.854. The molecule has 7 heteroatoms. The summed E-state index contributed by atoms with van der Waals surface area (Å²) in [5.41, 5.74) is 1.66. The van der Waals surface area contributed by atoms with Gasteiger partial charge in [-0.2, -0.15) is 0 Å². The Hall–Kier alpha value is -1.11. The molecule has 2 amide bonds. The summed E-state index contributed by atoms with van der Waals surface area (Å²) in [6.45, 7) is 5.12. The van der Waals surface area contributed by atoms with Crippen molar-refractivity contribution < 1.29 is 9.59 Å². The molecule has 2 rings (SSSR count). The molecule has 1 aliphatic rings. The zero-order chi connectivity index (χ0) is 15.4. The molecule has 0 unspecified atom stereocenters. The lowest BCUT2D eigenvalue weighted by atomic mass is 10.1. The SMILES string of the molecule is Cc1ccc(C(=O)N(C)CC(=O)N2CCNCC2)cc1Br.Cl. The Bertz CT molecular complexity index is 548. The molecule has 0 atom stereocenters. The van der Waals surface area contributed by atoms with E-state index >= 15 is 0 Å². The van der Waals surface area contributed by atoms with Crippen LogP contribution in [-0.2, 0) is 4.79 Å². The number of hydrogen-bond donors (Lipinski definition) is 1. The minimum Gasteiger partial charge on any atom is -0.339 e. The fraction of sp³-hybridized carbons (Fsp3) is 0.467. The van der Waals surface area contributed by atoms with Gasteiger partial charge in [0, 0.05) is 43.3 Å². The molecule has 1 N–H and O–H groups in total. The van der Waals surface area contributed by atoms with E-state index in [1.165, 1.54) is 4.90 Å². The maximum atomic E-state index is 12.3. The van der Waals surface area contributed by atoms with Crippen LogP contribution in [0.2, 0.25) is 0 Å². The lowest BCUT2D eigenvalue weighted by Crippen LogP contribution is -2.49. The molecule has 1 aromatic rings. The summed E-state index contributed by atoms with van der Waals surface area (Å²) >= 11 is 3.42. The maximum absolute atomic E-state index is 12.3. The highest BCUT2D eigenvalue weighted by Crippen LogP contribution is 2.18. The van der Waals surface area contributed by atoms with E-state index in [1.54, 1.807) is 24.1 Å². The van der Waals surface area contributed by atoms with Gasteiger partial charge in [-0.25, -0.2) is 0 Å².